The van der Waals surface area contributed by atoms with E-state index in [1.54, 1.807) is 29.2 Å². The highest BCUT2D eigenvalue weighted by molar-refractivity contribution is 5.96. The summed E-state index contributed by atoms with van der Waals surface area (Å²) in [4.78, 5) is 38.7. The lowest BCUT2D eigenvalue weighted by Crippen LogP contribution is -2.39. The molecule has 1 aromatic carbocycles. The van der Waals surface area contributed by atoms with E-state index in [2.05, 4.69) is 15.4 Å². The molecule has 2 heterocycles. The Morgan fingerprint density at radius 2 is 1.94 bits per heavy atom. The molecule has 0 bridgehead atoms. The summed E-state index contributed by atoms with van der Waals surface area (Å²) in [5.74, 6) is -1.45. The van der Waals surface area contributed by atoms with Gasteiger partial charge in [0.1, 0.15) is 5.69 Å². The lowest BCUT2D eigenvalue weighted by atomic mass is 10.1. The summed E-state index contributed by atoms with van der Waals surface area (Å²) >= 11 is 0. The van der Waals surface area contributed by atoms with E-state index >= 15 is 0 Å². The quantitative estimate of drug-likeness (QED) is 0.447. The van der Waals surface area contributed by atoms with E-state index in [0.717, 1.165) is 11.1 Å². The highest BCUT2D eigenvalue weighted by atomic mass is 16.5. The third kappa shape index (κ3) is 6.36. The summed E-state index contributed by atoms with van der Waals surface area (Å²) in [6.45, 7) is -0.00855. The Balaban J connectivity index is 1.73. The summed E-state index contributed by atoms with van der Waals surface area (Å²) < 4.78 is 6.64. The normalized spacial score (nSPS) is 10.6. The molecule has 2 aromatic heterocycles. The SMILES string of the molecule is CNC(=O)NC(=O)COC(=O)/C=C/c1cn(Cc2ccccc2)nc1-c1cccnc1. The van der Waals surface area contributed by atoms with E-state index in [-0.39, 0.29) is 0 Å². The van der Waals surface area contributed by atoms with Gasteiger partial charge < -0.3 is 10.1 Å². The molecule has 31 heavy (non-hydrogen) atoms. The molecule has 158 valence electrons. The molecule has 0 aliphatic heterocycles. The van der Waals surface area contributed by atoms with Gasteiger partial charge in [0.25, 0.3) is 5.91 Å². The van der Waals surface area contributed by atoms with Crippen LogP contribution in [0.1, 0.15) is 11.1 Å². The Morgan fingerprint density at radius 3 is 2.65 bits per heavy atom. The van der Waals surface area contributed by atoms with Crippen LogP contribution in [0, 0.1) is 0 Å². The Labute approximate surface area is 178 Å². The van der Waals surface area contributed by atoms with Gasteiger partial charge in [0.2, 0.25) is 0 Å². The number of aromatic nitrogens is 3. The maximum absolute atomic E-state index is 12.0. The molecule has 3 aromatic rings. The number of imide groups is 1. The number of hydrogen-bond donors (Lipinski definition) is 2. The summed E-state index contributed by atoms with van der Waals surface area (Å²) in [5, 5.41) is 8.87. The van der Waals surface area contributed by atoms with Crippen LogP contribution >= 0.6 is 0 Å². The van der Waals surface area contributed by atoms with Crippen molar-refractivity contribution in [3.63, 3.8) is 0 Å². The second-order valence-corrected chi connectivity index (χ2v) is 6.43. The van der Waals surface area contributed by atoms with Crippen LogP contribution in [0.15, 0.2) is 67.1 Å². The molecule has 3 rings (SSSR count). The van der Waals surface area contributed by atoms with Gasteiger partial charge in [0, 0.05) is 42.8 Å². The molecule has 0 atom stereocenters. The first-order valence-corrected chi connectivity index (χ1v) is 9.43. The fraction of sp³-hybridized carbons (Fsp3) is 0.136. The molecule has 0 saturated heterocycles. The topological polar surface area (TPSA) is 115 Å². The molecule has 3 amide bonds. The van der Waals surface area contributed by atoms with Crippen LogP contribution in [0.2, 0.25) is 0 Å². The van der Waals surface area contributed by atoms with Crippen LogP contribution in [-0.4, -0.2) is 46.3 Å². The summed E-state index contributed by atoms with van der Waals surface area (Å²) in [5.41, 5.74) is 3.23. The maximum Gasteiger partial charge on any atom is 0.331 e. The number of carbonyl (C=O) groups is 3. The van der Waals surface area contributed by atoms with Gasteiger partial charge in [0.05, 0.1) is 6.54 Å². The van der Waals surface area contributed by atoms with E-state index < -0.39 is 24.5 Å². The number of pyridine rings is 1. The smallest absolute Gasteiger partial charge is 0.331 e. The molecule has 0 unspecified atom stereocenters. The van der Waals surface area contributed by atoms with Crippen molar-refractivity contribution < 1.29 is 19.1 Å². The fourth-order valence-electron chi connectivity index (χ4n) is 2.71. The standard InChI is InChI=1S/C22H21N5O4/c1-23-22(30)25-19(28)15-31-20(29)10-9-18-14-27(13-16-6-3-2-4-7-16)26-21(18)17-8-5-11-24-12-17/h2-12,14H,13,15H2,1H3,(H2,23,25,28,30)/b10-9+. The largest absolute Gasteiger partial charge is 0.452 e. The van der Waals surface area contributed by atoms with Gasteiger partial charge in [-0.05, 0) is 23.8 Å². The number of nitrogens with one attached hydrogen (secondary N) is 2. The van der Waals surface area contributed by atoms with Crippen LogP contribution in [0.25, 0.3) is 17.3 Å². The zero-order valence-corrected chi connectivity index (χ0v) is 16.8. The van der Waals surface area contributed by atoms with Gasteiger partial charge in [-0.1, -0.05) is 30.3 Å². The van der Waals surface area contributed by atoms with Crippen LogP contribution in [0.3, 0.4) is 0 Å². The van der Waals surface area contributed by atoms with Gasteiger partial charge in [-0.3, -0.25) is 19.8 Å². The maximum atomic E-state index is 12.0. The Kier molecular flexibility index (Phi) is 7.26. The first kappa shape index (κ1) is 21.4. The monoisotopic (exact) mass is 419 g/mol. The van der Waals surface area contributed by atoms with E-state index in [4.69, 9.17) is 4.74 Å². The number of amides is 3. The Bertz CT molecular complexity index is 1080. The number of rotatable bonds is 7. The van der Waals surface area contributed by atoms with Crippen LogP contribution < -0.4 is 10.6 Å². The van der Waals surface area contributed by atoms with Crippen molar-refractivity contribution in [2.75, 3.05) is 13.7 Å². The van der Waals surface area contributed by atoms with Crippen molar-refractivity contribution >= 4 is 24.0 Å². The van der Waals surface area contributed by atoms with Crippen molar-refractivity contribution in [3.8, 4) is 11.3 Å². The molecule has 9 heteroatoms. The van der Waals surface area contributed by atoms with Crippen LogP contribution in [-0.2, 0) is 20.9 Å². The van der Waals surface area contributed by atoms with Crippen molar-refractivity contribution in [1.82, 2.24) is 25.4 Å². The van der Waals surface area contributed by atoms with Gasteiger partial charge >= 0.3 is 12.0 Å². The number of urea groups is 1. The van der Waals surface area contributed by atoms with Crippen molar-refractivity contribution in [1.29, 1.82) is 0 Å². The van der Waals surface area contributed by atoms with Crippen molar-refractivity contribution in [2.24, 2.45) is 0 Å². The third-order valence-corrected chi connectivity index (χ3v) is 4.14. The minimum Gasteiger partial charge on any atom is -0.452 e. The predicted octanol–water partition coefficient (Wildman–Crippen LogP) is 2.01. The number of esters is 1. The second-order valence-electron chi connectivity index (χ2n) is 6.43. The Hall–Kier alpha value is -4.27. The molecule has 0 radical (unpaired) electrons. The molecule has 0 saturated carbocycles. The fourth-order valence-corrected chi connectivity index (χ4v) is 2.71. The minimum absolute atomic E-state index is 0.562. The van der Waals surface area contributed by atoms with Crippen molar-refractivity contribution in [3.05, 3.63) is 78.3 Å². The zero-order chi connectivity index (χ0) is 22.1. The average molecular weight is 419 g/mol. The van der Waals surface area contributed by atoms with E-state index in [1.165, 1.54) is 13.1 Å². The summed E-state index contributed by atoms with van der Waals surface area (Å²) in [6.07, 6.45) is 7.94. The van der Waals surface area contributed by atoms with Gasteiger partial charge in [-0.2, -0.15) is 5.10 Å². The highest BCUT2D eigenvalue weighted by Crippen LogP contribution is 2.23. The molecule has 9 nitrogen and oxygen atoms in total. The lowest BCUT2D eigenvalue weighted by molar-refractivity contribution is -0.143. The summed E-state index contributed by atoms with van der Waals surface area (Å²) in [7, 11) is 1.37. The lowest BCUT2D eigenvalue weighted by Gasteiger charge is -2.03. The van der Waals surface area contributed by atoms with Gasteiger partial charge in [0.15, 0.2) is 6.61 Å². The van der Waals surface area contributed by atoms with Gasteiger partial charge in [-0.25, -0.2) is 9.59 Å². The molecule has 0 aliphatic carbocycles. The molecular weight excluding hydrogens is 398 g/mol. The van der Waals surface area contributed by atoms with E-state index in [0.29, 0.717) is 17.8 Å². The third-order valence-electron chi connectivity index (χ3n) is 4.14. The molecule has 2 N–H and O–H groups in total. The van der Waals surface area contributed by atoms with Crippen molar-refractivity contribution in [2.45, 2.75) is 6.54 Å². The molecule has 0 spiro atoms. The number of ether oxygens (including phenoxy) is 1. The summed E-state index contributed by atoms with van der Waals surface area (Å²) in [6, 6.07) is 12.9. The highest BCUT2D eigenvalue weighted by Gasteiger charge is 2.12. The van der Waals surface area contributed by atoms with E-state index in [1.807, 2.05) is 47.9 Å². The zero-order valence-electron chi connectivity index (χ0n) is 16.8. The number of carbonyl (C=O) groups excluding carboxylic acids is 3. The number of hydrogen-bond acceptors (Lipinski definition) is 6. The second kappa shape index (κ2) is 10.5. The minimum atomic E-state index is -0.729. The first-order valence-electron chi connectivity index (χ1n) is 9.43. The molecular formula is C22H21N5O4. The Morgan fingerprint density at radius 1 is 1.13 bits per heavy atom. The first-order chi connectivity index (χ1) is 15.0. The predicted molar refractivity (Wildman–Crippen MR) is 114 cm³/mol. The van der Waals surface area contributed by atoms with E-state index in [9.17, 15) is 14.4 Å². The number of benzene rings is 1. The van der Waals surface area contributed by atoms with Gasteiger partial charge in [-0.15, -0.1) is 0 Å². The molecule has 0 aliphatic rings. The average Bonchev–Trinajstić information content (AvgIpc) is 3.20. The molecule has 0 fully saturated rings. The van der Waals surface area contributed by atoms with Crippen LogP contribution in [0.5, 0.6) is 0 Å². The number of nitrogens with zero attached hydrogens (tertiary/aromatic N) is 3. The van der Waals surface area contributed by atoms with Crippen LogP contribution in [0.4, 0.5) is 4.79 Å².